The smallest absolute Gasteiger partial charge is 0.273 e. The van der Waals surface area contributed by atoms with Gasteiger partial charge >= 0.3 is 0 Å². The molecule has 2 rings (SSSR count). The molecule has 0 unspecified atom stereocenters. The van der Waals surface area contributed by atoms with E-state index in [1.807, 2.05) is 6.92 Å². The molecule has 0 spiro atoms. The van der Waals surface area contributed by atoms with Crippen molar-refractivity contribution in [1.82, 2.24) is 4.90 Å². The van der Waals surface area contributed by atoms with E-state index in [-0.39, 0.29) is 12.5 Å². The molecule has 0 fully saturated rings. The summed E-state index contributed by atoms with van der Waals surface area (Å²) in [6.45, 7) is 2.45. The lowest BCUT2D eigenvalue weighted by atomic mass is 10.3. The molecule has 1 aromatic heterocycles. The normalized spacial score (nSPS) is 11.1. The van der Waals surface area contributed by atoms with Gasteiger partial charge in [-0.3, -0.25) is 9.10 Å². The van der Waals surface area contributed by atoms with Crippen LogP contribution in [0.1, 0.15) is 6.92 Å². The van der Waals surface area contributed by atoms with Gasteiger partial charge in [0.05, 0.1) is 5.69 Å². The lowest BCUT2D eigenvalue weighted by Crippen LogP contribution is -2.31. The number of likely N-dealkylation sites (N-methyl/N-ethyl adjacent to an activating group) is 1. The molecule has 0 radical (unpaired) electrons. The molecular formula is C16H20N2O4S2. The van der Waals surface area contributed by atoms with Crippen LogP contribution < -0.4 is 9.04 Å². The molecule has 1 aromatic carbocycles. The number of nitrogens with zero attached hydrogens (tertiary/aromatic N) is 2. The number of ether oxygens (including phenoxy) is 1. The Bertz CT molecular complexity index is 771. The van der Waals surface area contributed by atoms with Gasteiger partial charge in [-0.05, 0) is 42.6 Å². The van der Waals surface area contributed by atoms with E-state index >= 15 is 0 Å². The topological polar surface area (TPSA) is 66.9 Å². The van der Waals surface area contributed by atoms with Crippen LogP contribution in [-0.4, -0.2) is 46.5 Å². The van der Waals surface area contributed by atoms with E-state index in [1.54, 1.807) is 53.7 Å². The number of amides is 1. The van der Waals surface area contributed by atoms with Crippen molar-refractivity contribution in [1.29, 1.82) is 0 Å². The molecule has 6 nitrogen and oxygen atoms in total. The van der Waals surface area contributed by atoms with Gasteiger partial charge in [0.25, 0.3) is 15.9 Å². The molecule has 0 saturated carbocycles. The summed E-state index contributed by atoms with van der Waals surface area (Å²) in [4.78, 5) is 13.3. The van der Waals surface area contributed by atoms with Gasteiger partial charge in [0.2, 0.25) is 0 Å². The number of hydrogen-bond acceptors (Lipinski definition) is 5. The second-order valence-electron chi connectivity index (χ2n) is 5.10. The van der Waals surface area contributed by atoms with E-state index in [1.165, 1.54) is 22.7 Å². The van der Waals surface area contributed by atoms with Crippen LogP contribution >= 0.6 is 11.3 Å². The van der Waals surface area contributed by atoms with Crippen molar-refractivity contribution in [2.24, 2.45) is 0 Å². The predicted octanol–water partition coefficient (Wildman–Crippen LogP) is 2.43. The number of sulfonamides is 1. The Morgan fingerprint density at radius 3 is 2.38 bits per heavy atom. The second kappa shape index (κ2) is 7.67. The average Bonchev–Trinajstić information content (AvgIpc) is 3.14. The van der Waals surface area contributed by atoms with Gasteiger partial charge in [-0.25, -0.2) is 8.42 Å². The zero-order chi connectivity index (χ0) is 17.7. The molecule has 0 aliphatic heterocycles. The van der Waals surface area contributed by atoms with E-state index in [2.05, 4.69) is 0 Å². The lowest BCUT2D eigenvalue weighted by Gasteiger charge is -2.19. The molecule has 1 amide bonds. The summed E-state index contributed by atoms with van der Waals surface area (Å²) in [7, 11) is -0.340. The van der Waals surface area contributed by atoms with Crippen molar-refractivity contribution < 1.29 is 17.9 Å². The number of benzene rings is 1. The van der Waals surface area contributed by atoms with Gasteiger partial charge in [-0.1, -0.05) is 6.07 Å². The Morgan fingerprint density at radius 1 is 1.17 bits per heavy atom. The van der Waals surface area contributed by atoms with Crippen molar-refractivity contribution in [2.45, 2.75) is 11.1 Å². The number of anilines is 1. The number of hydrogen-bond donors (Lipinski definition) is 0. The van der Waals surface area contributed by atoms with Crippen LogP contribution in [0.2, 0.25) is 0 Å². The van der Waals surface area contributed by atoms with E-state index < -0.39 is 10.0 Å². The minimum Gasteiger partial charge on any atom is -0.484 e. The molecular weight excluding hydrogens is 348 g/mol. The summed E-state index contributed by atoms with van der Waals surface area (Å²) in [6, 6.07) is 9.86. The summed E-state index contributed by atoms with van der Waals surface area (Å²) in [5, 5.41) is 1.72. The maximum absolute atomic E-state index is 12.5. The van der Waals surface area contributed by atoms with Crippen LogP contribution in [0.15, 0.2) is 46.0 Å². The summed E-state index contributed by atoms with van der Waals surface area (Å²) in [5.41, 5.74) is 0.521. The van der Waals surface area contributed by atoms with Crippen LogP contribution in [0, 0.1) is 0 Å². The zero-order valence-corrected chi connectivity index (χ0v) is 15.4. The van der Waals surface area contributed by atoms with Crippen LogP contribution in [0.3, 0.4) is 0 Å². The number of carbonyl (C=O) groups is 1. The highest BCUT2D eigenvalue weighted by Gasteiger charge is 2.22. The summed E-state index contributed by atoms with van der Waals surface area (Å²) in [5.74, 6) is 0.400. The van der Waals surface area contributed by atoms with Gasteiger partial charge in [-0.2, -0.15) is 0 Å². The second-order valence-corrected chi connectivity index (χ2v) is 8.24. The van der Waals surface area contributed by atoms with Crippen LogP contribution in [0.5, 0.6) is 5.75 Å². The van der Waals surface area contributed by atoms with Gasteiger partial charge in [-0.15, -0.1) is 11.3 Å². The third-order valence-corrected chi connectivity index (χ3v) is 6.73. The highest BCUT2D eigenvalue weighted by Crippen LogP contribution is 2.26. The molecule has 8 heteroatoms. The van der Waals surface area contributed by atoms with Crippen LogP contribution in [0.25, 0.3) is 0 Å². The minimum atomic E-state index is -3.55. The first-order valence-corrected chi connectivity index (χ1v) is 9.67. The SMILES string of the molecule is CCN(C)C(=O)COc1ccc(N(C)S(=O)(=O)c2cccs2)cc1. The van der Waals surface area contributed by atoms with Gasteiger partial charge in [0, 0.05) is 20.6 Å². The average molecular weight is 368 g/mol. The minimum absolute atomic E-state index is 0.0486. The molecule has 0 atom stereocenters. The monoisotopic (exact) mass is 368 g/mol. The first-order chi connectivity index (χ1) is 11.4. The van der Waals surface area contributed by atoms with Crippen molar-refractivity contribution in [3.05, 3.63) is 41.8 Å². The van der Waals surface area contributed by atoms with E-state index in [9.17, 15) is 13.2 Å². The zero-order valence-electron chi connectivity index (χ0n) is 13.8. The lowest BCUT2D eigenvalue weighted by molar-refractivity contribution is -0.131. The van der Waals surface area contributed by atoms with Crippen LogP contribution in [-0.2, 0) is 14.8 Å². The number of carbonyl (C=O) groups excluding carboxylic acids is 1. The van der Waals surface area contributed by atoms with Crippen LogP contribution in [0.4, 0.5) is 5.69 Å². The van der Waals surface area contributed by atoms with E-state index in [0.29, 0.717) is 22.2 Å². The molecule has 0 bridgehead atoms. The van der Waals surface area contributed by atoms with Gasteiger partial charge < -0.3 is 9.64 Å². The highest BCUT2D eigenvalue weighted by atomic mass is 32.2. The third-order valence-electron chi connectivity index (χ3n) is 3.57. The summed E-state index contributed by atoms with van der Waals surface area (Å²) in [6.07, 6.45) is 0. The predicted molar refractivity (Wildman–Crippen MR) is 95.2 cm³/mol. The van der Waals surface area contributed by atoms with E-state index in [0.717, 1.165) is 0 Å². The van der Waals surface area contributed by atoms with Crippen molar-refractivity contribution >= 4 is 33.0 Å². The molecule has 0 N–H and O–H groups in total. The van der Waals surface area contributed by atoms with Crippen molar-refractivity contribution in [3.63, 3.8) is 0 Å². The standard InChI is InChI=1S/C16H20N2O4S2/c1-4-17(2)15(19)12-22-14-9-7-13(8-10-14)18(3)24(20,21)16-6-5-11-23-16/h5-11H,4,12H2,1-3H3. The Balaban J connectivity index is 2.05. The Kier molecular flexibility index (Phi) is 5.84. The maximum Gasteiger partial charge on any atom is 0.273 e. The molecule has 1 heterocycles. The largest absolute Gasteiger partial charge is 0.484 e. The fraction of sp³-hybridized carbons (Fsp3) is 0.312. The fourth-order valence-corrected chi connectivity index (χ4v) is 4.22. The molecule has 2 aromatic rings. The first kappa shape index (κ1) is 18.3. The first-order valence-electron chi connectivity index (χ1n) is 7.35. The molecule has 0 aliphatic carbocycles. The quantitative estimate of drug-likeness (QED) is 0.753. The Hall–Kier alpha value is -2.06. The van der Waals surface area contributed by atoms with Crippen molar-refractivity contribution in [2.75, 3.05) is 31.6 Å². The number of rotatable bonds is 7. The fourth-order valence-electron chi connectivity index (χ4n) is 1.87. The van der Waals surface area contributed by atoms with E-state index in [4.69, 9.17) is 4.74 Å². The summed E-state index contributed by atoms with van der Waals surface area (Å²) >= 11 is 1.18. The molecule has 24 heavy (non-hydrogen) atoms. The third kappa shape index (κ3) is 4.07. The van der Waals surface area contributed by atoms with Gasteiger partial charge in [0.1, 0.15) is 9.96 Å². The molecule has 0 saturated heterocycles. The Morgan fingerprint density at radius 2 is 1.83 bits per heavy atom. The maximum atomic E-state index is 12.5. The molecule has 130 valence electrons. The van der Waals surface area contributed by atoms with Gasteiger partial charge in [0.15, 0.2) is 6.61 Å². The summed E-state index contributed by atoms with van der Waals surface area (Å²) < 4.78 is 31.9. The molecule has 0 aliphatic rings. The Labute approximate surface area is 146 Å². The van der Waals surface area contributed by atoms with Crippen molar-refractivity contribution in [3.8, 4) is 5.75 Å². The number of thiophene rings is 1. The highest BCUT2D eigenvalue weighted by molar-refractivity contribution is 7.94.